The van der Waals surface area contributed by atoms with E-state index in [9.17, 15) is 4.79 Å². The van der Waals surface area contributed by atoms with Crippen LogP contribution >= 0.6 is 22.6 Å². The number of rotatable bonds is 9. The van der Waals surface area contributed by atoms with Gasteiger partial charge in [0.05, 0.1) is 12.2 Å². The Morgan fingerprint density at radius 1 is 0.875 bits per heavy atom. The van der Waals surface area contributed by atoms with E-state index >= 15 is 0 Å². The zero-order valence-corrected chi connectivity index (χ0v) is 16.1. The Hall–Kier alpha value is -1.56. The average Bonchev–Trinajstić information content (AvgIpc) is 2.60. The number of carbonyl (C=O) groups is 1. The number of benzene rings is 2. The van der Waals surface area contributed by atoms with Crippen LogP contribution < -0.4 is 9.47 Å². The molecule has 0 amide bonds. The van der Waals surface area contributed by atoms with Gasteiger partial charge in [-0.25, -0.2) is 4.79 Å². The smallest absolute Gasteiger partial charge is 0.343 e. The molecule has 0 saturated heterocycles. The van der Waals surface area contributed by atoms with Gasteiger partial charge in [0.1, 0.15) is 11.5 Å². The largest absolute Gasteiger partial charge is 0.494 e. The molecule has 0 aliphatic heterocycles. The molecule has 2 aromatic carbocycles. The third-order valence-corrected chi connectivity index (χ3v) is 4.35. The molecular weight excluding hydrogens is 415 g/mol. The molecule has 24 heavy (non-hydrogen) atoms. The summed E-state index contributed by atoms with van der Waals surface area (Å²) < 4.78 is 12.1. The van der Waals surface area contributed by atoms with Crippen molar-refractivity contribution < 1.29 is 14.3 Å². The number of unbranched alkanes of at least 4 members (excludes halogenated alkanes) is 4. The van der Waals surface area contributed by atoms with Gasteiger partial charge in [-0.1, -0.05) is 32.6 Å². The highest BCUT2D eigenvalue weighted by molar-refractivity contribution is 14.1. The molecular formula is C20H23IO3. The summed E-state index contributed by atoms with van der Waals surface area (Å²) in [6.07, 6.45) is 6.08. The van der Waals surface area contributed by atoms with Crippen LogP contribution in [0, 0.1) is 3.57 Å². The van der Waals surface area contributed by atoms with E-state index in [-0.39, 0.29) is 5.97 Å². The van der Waals surface area contributed by atoms with Gasteiger partial charge in [-0.3, -0.25) is 0 Å². The SMILES string of the molecule is CCCCCCCOc1ccc(C(=O)Oc2ccc(I)cc2)cc1. The molecule has 0 aliphatic carbocycles. The summed E-state index contributed by atoms with van der Waals surface area (Å²) >= 11 is 2.21. The fourth-order valence-corrected chi connectivity index (χ4v) is 2.61. The van der Waals surface area contributed by atoms with Crippen molar-refractivity contribution in [1.82, 2.24) is 0 Å². The van der Waals surface area contributed by atoms with Crippen molar-refractivity contribution in [2.45, 2.75) is 39.0 Å². The molecule has 2 aromatic rings. The summed E-state index contributed by atoms with van der Waals surface area (Å²) in [6.45, 7) is 2.93. The highest BCUT2D eigenvalue weighted by Gasteiger charge is 2.08. The Balaban J connectivity index is 1.78. The molecule has 0 unspecified atom stereocenters. The summed E-state index contributed by atoms with van der Waals surface area (Å²) in [4.78, 5) is 12.1. The third kappa shape index (κ3) is 6.51. The molecule has 2 rings (SSSR count). The van der Waals surface area contributed by atoms with Gasteiger partial charge in [0.15, 0.2) is 0 Å². The zero-order valence-electron chi connectivity index (χ0n) is 14.0. The van der Waals surface area contributed by atoms with Crippen LogP contribution in [0.2, 0.25) is 0 Å². The monoisotopic (exact) mass is 438 g/mol. The summed E-state index contributed by atoms with van der Waals surface area (Å²) in [5.74, 6) is 0.978. The Kier molecular flexibility index (Phi) is 8.08. The number of carbonyl (C=O) groups excluding carboxylic acids is 1. The van der Waals surface area contributed by atoms with Crippen molar-refractivity contribution >= 4 is 28.6 Å². The lowest BCUT2D eigenvalue weighted by Gasteiger charge is -2.07. The van der Waals surface area contributed by atoms with Crippen molar-refractivity contribution in [2.75, 3.05) is 6.61 Å². The van der Waals surface area contributed by atoms with Crippen molar-refractivity contribution in [3.63, 3.8) is 0 Å². The minimum absolute atomic E-state index is 0.359. The Labute approximate surface area is 157 Å². The van der Waals surface area contributed by atoms with Crippen molar-refractivity contribution in [2.24, 2.45) is 0 Å². The quantitative estimate of drug-likeness (QED) is 0.213. The number of halogens is 1. The molecule has 0 aromatic heterocycles. The van der Waals surface area contributed by atoms with Crippen molar-refractivity contribution in [1.29, 1.82) is 0 Å². The maximum Gasteiger partial charge on any atom is 0.343 e. The van der Waals surface area contributed by atoms with E-state index in [2.05, 4.69) is 29.5 Å². The van der Waals surface area contributed by atoms with E-state index in [0.717, 1.165) is 22.3 Å². The van der Waals surface area contributed by atoms with Gasteiger partial charge in [-0.2, -0.15) is 0 Å². The summed E-state index contributed by atoms with van der Waals surface area (Å²) in [5, 5.41) is 0. The first-order chi connectivity index (χ1) is 11.7. The lowest BCUT2D eigenvalue weighted by atomic mass is 10.2. The summed E-state index contributed by atoms with van der Waals surface area (Å²) in [7, 11) is 0. The van der Waals surface area contributed by atoms with E-state index in [1.165, 1.54) is 25.7 Å². The van der Waals surface area contributed by atoms with Crippen LogP contribution in [-0.2, 0) is 0 Å². The van der Waals surface area contributed by atoms with Crippen LogP contribution in [0.15, 0.2) is 48.5 Å². The molecule has 0 heterocycles. The minimum atomic E-state index is -0.359. The van der Waals surface area contributed by atoms with Crippen LogP contribution in [0.1, 0.15) is 49.4 Å². The second-order valence-corrected chi connectivity index (χ2v) is 6.88. The normalized spacial score (nSPS) is 10.4. The number of hydrogen-bond acceptors (Lipinski definition) is 3. The molecule has 4 heteroatoms. The lowest BCUT2D eigenvalue weighted by molar-refractivity contribution is 0.0734. The van der Waals surface area contributed by atoms with Gasteiger partial charge in [0.2, 0.25) is 0 Å². The zero-order chi connectivity index (χ0) is 17.2. The predicted molar refractivity (Wildman–Crippen MR) is 105 cm³/mol. The van der Waals surface area contributed by atoms with Crippen molar-refractivity contribution in [3.8, 4) is 11.5 Å². The van der Waals surface area contributed by atoms with E-state index in [1.807, 2.05) is 24.3 Å². The molecule has 0 saturated carbocycles. The number of hydrogen-bond donors (Lipinski definition) is 0. The average molecular weight is 438 g/mol. The maximum absolute atomic E-state index is 12.1. The van der Waals surface area contributed by atoms with Gasteiger partial charge in [0, 0.05) is 3.57 Å². The van der Waals surface area contributed by atoms with Gasteiger partial charge < -0.3 is 9.47 Å². The topological polar surface area (TPSA) is 35.5 Å². The fourth-order valence-electron chi connectivity index (χ4n) is 2.25. The van der Waals surface area contributed by atoms with Crippen LogP contribution in [-0.4, -0.2) is 12.6 Å². The van der Waals surface area contributed by atoms with Crippen molar-refractivity contribution in [3.05, 3.63) is 57.7 Å². The summed E-state index contributed by atoms with van der Waals surface area (Å²) in [6, 6.07) is 14.5. The second-order valence-electron chi connectivity index (χ2n) is 5.63. The minimum Gasteiger partial charge on any atom is -0.494 e. The molecule has 0 radical (unpaired) electrons. The predicted octanol–water partition coefficient (Wildman–Crippen LogP) is 5.86. The highest BCUT2D eigenvalue weighted by atomic mass is 127. The first-order valence-corrected chi connectivity index (χ1v) is 9.47. The molecule has 0 aliphatic rings. The molecule has 0 fully saturated rings. The molecule has 0 atom stereocenters. The van der Waals surface area contributed by atoms with Gasteiger partial charge in [0.25, 0.3) is 0 Å². The Morgan fingerprint density at radius 2 is 1.50 bits per heavy atom. The standard InChI is InChI=1S/C20H23IO3/c1-2-3-4-5-6-15-23-18-11-7-16(8-12-18)20(22)24-19-13-9-17(21)10-14-19/h7-14H,2-6,15H2,1H3. The van der Waals surface area contributed by atoms with Crippen LogP contribution in [0.4, 0.5) is 0 Å². The maximum atomic E-state index is 12.1. The Bertz CT molecular complexity index is 620. The molecule has 0 bridgehead atoms. The summed E-state index contributed by atoms with van der Waals surface area (Å²) in [5.41, 5.74) is 0.517. The van der Waals surface area contributed by atoms with Crippen LogP contribution in [0.3, 0.4) is 0 Å². The van der Waals surface area contributed by atoms with Crippen LogP contribution in [0.5, 0.6) is 11.5 Å². The van der Waals surface area contributed by atoms with Crippen LogP contribution in [0.25, 0.3) is 0 Å². The van der Waals surface area contributed by atoms with E-state index in [1.54, 1.807) is 24.3 Å². The lowest BCUT2D eigenvalue weighted by Crippen LogP contribution is -2.08. The first-order valence-electron chi connectivity index (χ1n) is 8.39. The molecule has 0 N–H and O–H groups in total. The number of ether oxygens (including phenoxy) is 2. The van der Waals surface area contributed by atoms with Gasteiger partial charge in [-0.05, 0) is 77.5 Å². The third-order valence-electron chi connectivity index (χ3n) is 3.63. The second kappa shape index (κ2) is 10.3. The van der Waals surface area contributed by atoms with E-state index < -0.39 is 0 Å². The molecule has 128 valence electrons. The van der Waals surface area contributed by atoms with Gasteiger partial charge >= 0.3 is 5.97 Å². The highest BCUT2D eigenvalue weighted by Crippen LogP contribution is 2.17. The molecule has 0 spiro atoms. The van der Waals surface area contributed by atoms with E-state index in [4.69, 9.17) is 9.47 Å². The first kappa shape index (κ1) is 18.8. The molecule has 3 nitrogen and oxygen atoms in total. The Morgan fingerprint density at radius 3 is 2.17 bits per heavy atom. The fraction of sp³-hybridized carbons (Fsp3) is 0.350. The van der Waals surface area contributed by atoms with E-state index in [0.29, 0.717) is 11.3 Å². The number of esters is 1. The van der Waals surface area contributed by atoms with Gasteiger partial charge in [-0.15, -0.1) is 0 Å².